The van der Waals surface area contributed by atoms with Gasteiger partial charge < -0.3 is 29.0 Å². The normalized spacial score (nSPS) is 23.9. The molecule has 43 heavy (non-hydrogen) atoms. The van der Waals surface area contributed by atoms with Gasteiger partial charge in [0.2, 0.25) is 0 Å². The summed E-state index contributed by atoms with van der Waals surface area (Å²) in [5.74, 6) is 0. The van der Waals surface area contributed by atoms with Crippen molar-refractivity contribution in [1.29, 1.82) is 0 Å². The van der Waals surface area contributed by atoms with E-state index in [0.717, 1.165) is 58.1 Å². The zero-order valence-electron chi connectivity index (χ0n) is 25.5. The van der Waals surface area contributed by atoms with E-state index < -0.39 is 5.60 Å². The van der Waals surface area contributed by atoms with Crippen LogP contribution >= 0.6 is 0 Å². The molecule has 228 valence electrons. The number of hydrogen-bond acceptors (Lipinski definition) is 6. The minimum atomic E-state index is -0.614. The van der Waals surface area contributed by atoms with E-state index in [1.165, 1.54) is 5.56 Å². The van der Waals surface area contributed by atoms with Gasteiger partial charge in [0.1, 0.15) is 11.2 Å². The van der Waals surface area contributed by atoms with Crippen LogP contribution in [0.5, 0.6) is 0 Å². The van der Waals surface area contributed by atoms with E-state index in [2.05, 4.69) is 35.1 Å². The number of aryl methyl sites for hydroxylation is 1. The van der Waals surface area contributed by atoms with E-state index in [1.54, 1.807) is 4.90 Å². The van der Waals surface area contributed by atoms with Crippen LogP contribution in [0.2, 0.25) is 0 Å². The van der Waals surface area contributed by atoms with Crippen molar-refractivity contribution in [1.82, 2.24) is 24.7 Å². The predicted octanol–water partition coefficient (Wildman–Crippen LogP) is 5.19. The van der Waals surface area contributed by atoms with Crippen molar-refractivity contribution in [2.24, 2.45) is 0 Å². The lowest BCUT2D eigenvalue weighted by atomic mass is 9.87. The molecule has 5 aliphatic rings. The molecule has 1 N–H and O–H groups in total. The van der Waals surface area contributed by atoms with E-state index in [-0.39, 0.29) is 30.3 Å². The van der Waals surface area contributed by atoms with Crippen molar-refractivity contribution >= 4 is 23.2 Å². The number of fused-ring (bicyclic) bond motifs is 5. The molecule has 4 saturated heterocycles. The number of amides is 3. The number of H-pyrrole nitrogens is 1. The molecule has 5 aliphatic heterocycles. The molecule has 8 rings (SSSR count). The summed E-state index contributed by atoms with van der Waals surface area (Å²) in [6.07, 6.45) is 6.43. The quantitative estimate of drug-likeness (QED) is 0.443. The van der Waals surface area contributed by atoms with Gasteiger partial charge in [-0.2, -0.15) is 0 Å². The fourth-order valence-corrected chi connectivity index (χ4v) is 6.98. The van der Waals surface area contributed by atoms with Gasteiger partial charge in [0.05, 0.1) is 38.0 Å². The molecule has 2 unspecified atom stereocenters. The van der Waals surface area contributed by atoms with Crippen LogP contribution in [-0.4, -0.2) is 94.0 Å². The Hall–Kier alpha value is -3.63. The number of morpholine rings is 2. The third-order valence-corrected chi connectivity index (χ3v) is 9.27. The van der Waals surface area contributed by atoms with Gasteiger partial charge in [-0.25, -0.2) is 14.6 Å². The molecule has 3 aromatic rings. The molecule has 0 radical (unpaired) electrons. The van der Waals surface area contributed by atoms with Crippen LogP contribution in [0.1, 0.15) is 61.9 Å². The van der Waals surface area contributed by atoms with Crippen molar-refractivity contribution in [3.05, 3.63) is 52.8 Å². The highest BCUT2D eigenvalue weighted by Gasteiger charge is 2.41. The monoisotopic (exact) mass is 587 g/mol. The number of aromatic nitrogens is 2. The lowest BCUT2D eigenvalue weighted by molar-refractivity contribution is -0.0923. The van der Waals surface area contributed by atoms with Gasteiger partial charge in [0, 0.05) is 49.5 Å². The Morgan fingerprint density at radius 2 is 1.93 bits per heavy atom. The van der Waals surface area contributed by atoms with E-state index >= 15 is 0 Å². The Kier molecular flexibility index (Phi) is 7.09. The van der Waals surface area contributed by atoms with Gasteiger partial charge in [-0.05, 0) is 86.9 Å². The fraction of sp³-hybridized carbons (Fsp3) is 0.545. The minimum absolute atomic E-state index is 0.0835. The average Bonchev–Trinajstić information content (AvgIpc) is 3.39. The highest BCUT2D eigenvalue weighted by molar-refractivity contribution is 5.85. The van der Waals surface area contributed by atoms with Gasteiger partial charge in [-0.1, -0.05) is 6.07 Å². The number of aromatic amines is 1. The Balaban J connectivity index is 1.28. The van der Waals surface area contributed by atoms with Crippen LogP contribution in [0.25, 0.3) is 22.2 Å². The lowest BCUT2D eigenvalue weighted by Gasteiger charge is -2.47. The molecule has 0 saturated carbocycles. The van der Waals surface area contributed by atoms with E-state index in [0.29, 0.717) is 46.0 Å². The summed E-state index contributed by atoms with van der Waals surface area (Å²) < 4.78 is 17.7. The molecule has 7 heterocycles. The summed E-state index contributed by atoms with van der Waals surface area (Å²) in [6.45, 7) is 11.4. The largest absolute Gasteiger partial charge is 0.444 e. The number of carbonyl (C=O) groups is 2. The number of urea groups is 1. The zero-order valence-corrected chi connectivity index (χ0v) is 25.5. The molecular formula is C33H41N5O5. The van der Waals surface area contributed by atoms with E-state index in [9.17, 15) is 9.59 Å². The molecule has 2 bridgehead atoms. The lowest BCUT2D eigenvalue weighted by Crippen LogP contribution is -2.60. The van der Waals surface area contributed by atoms with Crippen LogP contribution in [0.3, 0.4) is 0 Å². The van der Waals surface area contributed by atoms with Crippen LogP contribution < -0.4 is 0 Å². The number of pyridine rings is 1. The number of carbonyl (C=O) groups excluding carboxylic acids is 2. The van der Waals surface area contributed by atoms with Gasteiger partial charge in [-0.3, -0.25) is 4.90 Å². The second-order valence-corrected chi connectivity index (χ2v) is 13.4. The van der Waals surface area contributed by atoms with Gasteiger partial charge in [0.15, 0.2) is 0 Å². The van der Waals surface area contributed by atoms with Gasteiger partial charge >= 0.3 is 12.1 Å². The van der Waals surface area contributed by atoms with Gasteiger partial charge in [-0.15, -0.1) is 0 Å². The Morgan fingerprint density at radius 3 is 2.67 bits per heavy atom. The van der Waals surface area contributed by atoms with Gasteiger partial charge in [0.25, 0.3) is 0 Å². The molecule has 3 atom stereocenters. The van der Waals surface area contributed by atoms with Crippen LogP contribution in [-0.2, 0) is 27.2 Å². The van der Waals surface area contributed by atoms with Crippen molar-refractivity contribution < 1.29 is 23.8 Å². The molecular weight excluding hydrogens is 546 g/mol. The first-order valence-electron chi connectivity index (χ1n) is 15.5. The molecule has 0 spiro atoms. The molecule has 2 aromatic heterocycles. The van der Waals surface area contributed by atoms with Crippen LogP contribution in [0.4, 0.5) is 9.59 Å². The van der Waals surface area contributed by atoms with Crippen LogP contribution in [0, 0.1) is 6.92 Å². The number of hydrogen-bond donors (Lipinski definition) is 1. The second-order valence-electron chi connectivity index (χ2n) is 13.4. The number of ether oxygens (including phenoxy) is 3. The van der Waals surface area contributed by atoms with Crippen molar-refractivity contribution in [3.63, 3.8) is 0 Å². The summed E-state index contributed by atoms with van der Waals surface area (Å²) in [7, 11) is 0. The van der Waals surface area contributed by atoms with E-state index in [1.807, 2.05) is 43.0 Å². The number of rotatable bonds is 2. The van der Waals surface area contributed by atoms with Crippen molar-refractivity contribution in [2.45, 2.75) is 77.3 Å². The summed E-state index contributed by atoms with van der Waals surface area (Å²) in [5.41, 5.74) is 6.75. The number of nitrogens with one attached hydrogen (secondary N) is 1. The predicted molar refractivity (Wildman–Crippen MR) is 162 cm³/mol. The first-order chi connectivity index (χ1) is 20.6. The highest BCUT2D eigenvalue weighted by Crippen LogP contribution is 2.38. The van der Waals surface area contributed by atoms with E-state index in [4.69, 9.17) is 14.2 Å². The van der Waals surface area contributed by atoms with Crippen molar-refractivity contribution in [2.75, 3.05) is 39.5 Å². The highest BCUT2D eigenvalue weighted by atomic mass is 16.6. The Labute approximate surface area is 252 Å². The summed E-state index contributed by atoms with van der Waals surface area (Å²) in [6, 6.07) is 6.48. The summed E-state index contributed by atoms with van der Waals surface area (Å²) in [5, 5.41) is 1.09. The Morgan fingerprint density at radius 1 is 1.07 bits per heavy atom. The first kappa shape index (κ1) is 28.2. The maximum absolute atomic E-state index is 13.9. The molecule has 0 aliphatic carbocycles. The number of nitrogens with zero attached hydrogens (tertiary/aromatic N) is 4. The minimum Gasteiger partial charge on any atom is -0.444 e. The number of piperidine rings is 1. The third-order valence-electron chi connectivity index (χ3n) is 9.27. The third kappa shape index (κ3) is 5.35. The maximum Gasteiger partial charge on any atom is 0.410 e. The molecule has 1 aromatic carbocycles. The number of benzene rings is 1. The Bertz CT molecular complexity index is 1550. The maximum atomic E-state index is 13.9. The standard InChI is InChI=1S/C33H41N5O5/c1-20-14-34-30-26(20)13-23(15-35-30)22-11-21-7-8-36(31(39)38-16-25-6-5-24(38)18-42-25)17-28(21)27(12-22)29-19-41-10-9-37(29)32(40)43-33(2,3)4/h11-15,24-25,29H,5-10,16-19H2,1-4H3,(H,34,35)/t24?,25?,29-/m0/s1. The van der Waals surface area contributed by atoms with Crippen LogP contribution in [0.15, 0.2) is 30.6 Å². The van der Waals surface area contributed by atoms with Crippen molar-refractivity contribution in [3.8, 4) is 11.1 Å². The average molecular weight is 588 g/mol. The summed E-state index contributed by atoms with van der Waals surface area (Å²) in [4.78, 5) is 41.1. The smallest absolute Gasteiger partial charge is 0.410 e. The second kappa shape index (κ2) is 10.8. The molecule has 3 amide bonds. The SMILES string of the molecule is Cc1c[nH]c2ncc(-c3cc4c(c([C@@H]5COCCN5C(=O)OC(C)(C)C)c3)CN(C(=O)N3CC5CCC3CO5)CC4)cc12. The molecule has 10 nitrogen and oxygen atoms in total. The fourth-order valence-electron chi connectivity index (χ4n) is 6.98. The molecule has 4 fully saturated rings. The summed E-state index contributed by atoms with van der Waals surface area (Å²) >= 11 is 0. The first-order valence-corrected chi connectivity index (χ1v) is 15.5. The topological polar surface area (TPSA) is 100 Å². The zero-order chi connectivity index (χ0) is 29.9. The molecule has 10 heteroatoms.